The predicted octanol–water partition coefficient (Wildman–Crippen LogP) is 4.21. The lowest BCUT2D eigenvalue weighted by Crippen LogP contribution is -2.12. The lowest BCUT2D eigenvalue weighted by molar-refractivity contribution is 0.306. The summed E-state index contributed by atoms with van der Waals surface area (Å²) in [5, 5.41) is 1.18. The summed E-state index contributed by atoms with van der Waals surface area (Å²) >= 11 is 16.9. The summed E-state index contributed by atoms with van der Waals surface area (Å²) in [6.45, 7) is 0.396. The Hall–Kier alpha value is -1.29. The summed E-state index contributed by atoms with van der Waals surface area (Å²) < 4.78 is 5.71. The van der Waals surface area contributed by atoms with Crippen LogP contribution < -0.4 is 10.5 Å². The van der Waals surface area contributed by atoms with Crippen molar-refractivity contribution in [1.29, 1.82) is 0 Å². The molecule has 2 aromatic rings. The molecule has 2 nitrogen and oxygen atoms in total. The largest absolute Gasteiger partial charge is 0.488 e. The summed E-state index contributed by atoms with van der Waals surface area (Å²) in [5.74, 6) is 0.579. The van der Waals surface area contributed by atoms with Gasteiger partial charge >= 0.3 is 0 Å². The highest BCUT2D eigenvalue weighted by Crippen LogP contribution is 2.27. The maximum Gasteiger partial charge on any atom is 0.131 e. The van der Waals surface area contributed by atoms with Crippen molar-refractivity contribution in [3.63, 3.8) is 0 Å². The summed E-state index contributed by atoms with van der Waals surface area (Å²) in [5.41, 5.74) is 7.22. The number of ether oxygens (including phenoxy) is 1. The van der Waals surface area contributed by atoms with Crippen molar-refractivity contribution < 1.29 is 4.74 Å². The molecule has 0 atom stereocenters. The zero-order chi connectivity index (χ0) is 13.8. The van der Waals surface area contributed by atoms with E-state index in [1.54, 1.807) is 18.2 Å². The summed E-state index contributed by atoms with van der Waals surface area (Å²) in [6.07, 6.45) is 0. The molecule has 0 saturated heterocycles. The molecule has 0 heterocycles. The van der Waals surface area contributed by atoms with Crippen molar-refractivity contribution in [2.45, 2.75) is 6.61 Å². The number of thiocarbonyl (C=S) groups is 1. The van der Waals surface area contributed by atoms with Gasteiger partial charge in [0.1, 0.15) is 17.3 Å². The fourth-order valence-electron chi connectivity index (χ4n) is 1.61. The lowest BCUT2D eigenvalue weighted by atomic mass is 10.2. The van der Waals surface area contributed by atoms with Crippen molar-refractivity contribution in [1.82, 2.24) is 0 Å². The Morgan fingerprint density at radius 1 is 1.11 bits per heavy atom. The molecule has 2 rings (SSSR count). The Bertz CT molecular complexity index is 599. The average molecular weight is 312 g/mol. The molecule has 0 bridgehead atoms. The minimum atomic E-state index is 0.219. The van der Waals surface area contributed by atoms with E-state index in [0.717, 1.165) is 5.56 Å². The number of hydrogen-bond donors (Lipinski definition) is 1. The monoisotopic (exact) mass is 311 g/mol. The van der Waals surface area contributed by atoms with Crippen LogP contribution >= 0.6 is 35.4 Å². The van der Waals surface area contributed by atoms with Gasteiger partial charge in [-0.25, -0.2) is 0 Å². The fourth-order valence-corrected chi connectivity index (χ4v) is 2.27. The van der Waals surface area contributed by atoms with E-state index in [9.17, 15) is 0 Å². The van der Waals surface area contributed by atoms with Crippen LogP contribution in [-0.4, -0.2) is 4.99 Å². The lowest BCUT2D eigenvalue weighted by Gasteiger charge is -2.12. The van der Waals surface area contributed by atoms with Crippen LogP contribution in [0.3, 0.4) is 0 Å². The van der Waals surface area contributed by atoms with E-state index in [1.807, 2.05) is 24.3 Å². The van der Waals surface area contributed by atoms with Gasteiger partial charge in [0.2, 0.25) is 0 Å². The highest BCUT2D eigenvalue weighted by Gasteiger charge is 2.10. The first-order valence-corrected chi connectivity index (χ1v) is 6.70. The van der Waals surface area contributed by atoms with Gasteiger partial charge in [-0.3, -0.25) is 0 Å². The first-order chi connectivity index (χ1) is 9.08. The van der Waals surface area contributed by atoms with Crippen LogP contribution in [0.5, 0.6) is 5.75 Å². The second-order valence-electron chi connectivity index (χ2n) is 3.89. The van der Waals surface area contributed by atoms with Gasteiger partial charge in [0.25, 0.3) is 0 Å². The molecule has 0 amide bonds. The summed E-state index contributed by atoms with van der Waals surface area (Å²) in [6, 6.07) is 12.7. The molecule has 2 N–H and O–H groups in total. The third-order valence-electron chi connectivity index (χ3n) is 2.53. The van der Waals surface area contributed by atoms with Gasteiger partial charge in [-0.05, 0) is 29.8 Å². The van der Waals surface area contributed by atoms with Gasteiger partial charge in [0.15, 0.2) is 0 Å². The number of halogens is 2. The Morgan fingerprint density at radius 2 is 1.79 bits per heavy atom. The number of rotatable bonds is 4. The van der Waals surface area contributed by atoms with Crippen LogP contribution in [0.15, 0.2) is 42.5 Å². The van der Waals surface area contributed by atoms with E-state index in [-0.39, 0.29) is 4.99 Å². The molecule has 0 saturated carbocycles. The van der Waals surface area contributed by atoms with Crippen LogP contribution in [0.4, 0.5) is 0 Å². The molecular weight excluding hydrogens is 301 g/mol. The van der Waals surface area contributed by atoms with Crippen LogP contribution in [-0.2, 0) is 6.61 Å². The molecule has 0 radical (unpaired) electrons. The van der Waals surface area contributed by atoms with E-state index < -0.39 is 0 Å². The van der Waals surface area contributed by atoms with E-state index in [1.165, 1.54) is 0 Å². The molecule has 19 heavy (non-hydrogen) atoms. The van der Waals surface area contributed by atoms with Crippen molar-refractivity contribution >= 4 is 40.4 Å². The molecule has 0 aliphatic carbocycles. The van der Waals surface area contributed by atoms with Gasteiger partial charge in [-0.15, -0.1) is 0 Å². The zero-order valence-corrected chi connectivity index (χ0v) is 12.2. The molecule has 0 spiro atoms. The highest BCUT2D eigenvalue weighted by molar-refractivity contribution is 7.80. The van der Waals surface area contributed by atoms with Gasteiger partial charge in [-0.2, -0.15) is 0 Å². The first kappa shape index (κ1) is 14.1. The highest BCUT2D eigenvalue weighted by atomic mass is 35.5. The maximum atomic E-state index is 6.06. The predicted molar refractivity (Wildman–Crippen MR) is 83.1 cm³/mol. The Morgan fingerprint density at radius 3 is 2.42 bits per heavy atom. The average Bonchev–Trinajstić information content (AvgIpc) is 2.37. The number of nitrogens with two attached hydrogens (primary N) is 1. The second kappa shape index (κ2) is 6.24. The van der Waals surface area contributed by atoms with Crippen molar-refractivity contribution in [3.8, 4) is 5.75 Å². The smallest absolute Gasteiger partial charge is 0.131 e. The molecule has 0 fully saturated rings. The Balaban J connectivity index is 2.18. The third kappa shape index (κ3) is 3.60. The van der Waals surface area contributed by atoms with E-state index in [4.69, 9.17) is 45.9 Å². The van der Waals surface area contributed by atoms with Crippen LogP contribution in [0.25, 0.3) is 0 Å². The summed E-state index contributed by atoms with van der Waals surface area (Å²) in [4.78, 5) is 0.219. The quantitative estimate of drug-likeness (QED) is 0.859. The van der Waals surface area contributed by atoms with Gasteiger partial charge in [0, 0.05) is 5.02 Å². The topological polar surface area (TPSA) is 35.2 Å². The van der Waals surface area contributed by atoms with Gasteiger partial charge in [-0.1, -0.05) is 53.6 Å². The molecular formula is C14H11Cl2NOS. The molecule has 0 aliphatic rings. The van der Waals surface area contributed by atoms with E-state index in [2.05, 4.69) is 0 Å². The van der Waals surface area contributed by atoms with E-state index in [0.29, 0.717) is 28.0 Å². The number of hydrogen-bond acceptors (Lipinski definition) is 2. The SMILES string of the molecule is NC(=S)c1c(Cl)cccc1OCc1ccc(Cl)cc1. The van der Waals surface area contributed by atoms with Crippen molar-refractivity contribution in [2.75, 3.05) is 0 Å². The number of benzene rings is 2. The molecule has 0 unspecified atom stereocenters. The van der Waals surface area contributed by atoms with Crippen LogP contribution in [0.2, 0.25) is 10.0 Å². The van der Waals surface area contributed by atoms with Gasteiger partial charge < -0.3 is 10.5 Å². The molecule has 0 aliphatic heterocycles. The molecule has 5 heteroatoms. The third-order valence-corrected chi connectivity index (χ3v) is 3.30. The van der Waals surface area contributed by atoms with Crippen LogP contribution in [0.1, 0.15) is 11.1 Å². The maximum absolute atomic E-state index is 6.06. The second-order valence-corrected chi connectivity index (χ2v) is 5.18. The van der Waals surface area contributed by atoms with E-state index >= 15 is 0 Å². The fraction of sp³-hybridized carbons (Fsp3) is 0.0714. The van der Waals surface area contributed by atoms with Crippen molar-refractivity contribution in [3.05, 3.63) is 63.6 Å². The Kier molecular flexibility index (Phi) is 4.64. The van der Waals surface area contributed by atoms with Crippen LogP contribution in [0, 0.1) is 0 Å². The standard InChI is InChI=1S/C14H11Cl2NOS/c15-10-6-4-9(5-7-10)8-18-12-3-1-2-11(16)13(12)14(17)19/h1-7H,8H2,(H2,17,19). The minimum absolute atomic E-state index is 0.219. The molecule has 98 valence electrons. The molecule has 2 aromatic carbocycles. The minimum Gasteiger partial charge on any atom is -0.488 e. The zero-order valence-electron chi connectivity index (χ0n) is 9.90. The summed E-state index contributed by atoms with van der Waals surface area (Å²) in [7, 11) is 0. The van der Waals surface area contributed by atoms with Crippen molar-refractivity contribution in [2.24, 2.45) is 5.73 Å². The molecule has 0 aromatic heterocycles. The Labute approximate surface area is 127 Å². The normalized spacial score (nSPS) is 10.2. The first-order valence-electron chi connectivity index (χ1n) is 5.53. The van der Waals surface area contributed by atoms with Gasteiger partial charge in [0.05, 0.1) is 10.6 Å².